The van der Waals surface area contributed by atoms with Crippen LogP contribution in [-0.4, -0.2) is 22.6 Å². The van der Waals surface area contributed by atoms with Crippen LogP contribution in [-0.2, 0) is 0 Å². The number of nitrogens with zero attached hydrogens (tertiary/aromatic N) is 2. The van der Waals surface area contributed by atoms with Crippen LogP contribution in [0, 0.1) is 5.92 Å². The fourth-order valence-corrected chi connectivity index (χ4v) is 2.50. The molecule has 26 heavy (non-hydrogen) atoms. The molecule has 142 valence electrons. The molecular formula is C18H21F4N3O. The van der Waals surface area contributed by atoms with Gasteiger partial charge in [0.1, 0.15) is 18.1 Å². The monoisotopic (exact) mass is 371 g/mol. The lowest BCUT2D eigenvalue weighted by Gasteiger charge is -2.17. The fourth-order valence-electron chi connectivity index (χ4n) is 2.50. The molecule has 4 nitrogen and oxygen atoms in total. The van der Waals surface area contributed by atoms with Gasteiger partial charge in [-0.15, -0.1) is 0 Å². The second-order valence-electron chi connectivity index (χ2n) is 6.38. The number of hydrogen-bond acceptors (Lipinski definition) is 4. The van der Waals surface area contributed by atoms with Crippen LogP contribution in [0.1, 0.15) is 44.4 Å². The quantitative estimate of drug-likeness (QED) is 0.679. The van der Waals surface area contributed by atoms with Gasteiger partial charge < -0.3 is 10.5 Å². The second-order valence-corrected chi connectivity index (χ2v) is 6.38. The Balaban J connectivity index is 2.24. The van der Waals surface area contributed by atoms with E-state index in [0.29, 0.717) is 12.3 Å². The van der Waals surface area contributed by atoms with Crippen molar-refractivity contribution in [3.05, 3.63) is 41.9 Å². The summed E-state index contributed by atoms with van der Waals surface area (Å²) < 4.78 is 57.7. The first-order valence-corrected chi connectivity index (χ1v) is 8.18. The lowest BCUT2D eigenvalue weighted by molar-refractivity contribution is 0.143. The van der Waals surface area contributed by atoms with E-state index in [2.05, 4.69) is 9.97 Å². The summed E-state index contributed by atoms with van der Waals surface area (Å²) in [5.41, 5.74) is 5.52. The van der Waals surface area contributed by atoms with Gasteiger partial charge in [0.05, 0.1) is 17.5 Å². The average molecular weight is 371 g/mol. The van der Waals surface area contributed by atoms with E-state index in [4.69, 9.17) is 10.5 Å². The maximum Gasteiger partial charge on any atom is 0.280 e. The van der Waals surface area contributed by atoms with Crippen molar-refractivity contribution in [3.63, 3.8) is 0 Å². The van der Waals surface area contributed by atoms with Gasteiger partial charge in [-0.25, -0.2) is 17.6 Å². The minimum atomic E-state index is -2.80. The molecule has 2 N–H and O–H groups in total. The summed E-state index contributed by atoms with van der Waals surface area (Å²) in [6.45, 7) is 4.09. The Labute approximate surface area is 149 Å². The molecule has 0 saturated carbocycles. The standard InChI is InChI=1S/C18H21F4N3O/c1-10(2)5-12(23)9-26-16-8-25-14(7-13(16)17(19)20)11-3-4-24-15(6-11)18(21)22/h3-4,6-8,10,12,17-18H,5,9,23H2,1-2H3. The van der Waals surface area contributed by atoms with Crippen molar-refractivity contribution in [1.82, 2.24) is 9.97 Å². The molecule has 1 unspecified atom stereocenters. The predicted molar refractivity (Wildman–Crippen MR) is 90.3 cm³/mol. The number of alkyl halides is 4. The molecule has 0 aliphatic carbocycles. The molecule has 2 aromatic heterocycles. The van der Waals surface area contributed by atoms with E-state index in [-0.39, 0.29) is 35.2 Å². The first-order chi connectivity index (χ1) is 12.3. The zero-order chi connectivity index (χ0) is 19.3. The second kappa shape index (κ2) is 8.93. The van der Waals surface area contributed by atoms with Crippen LogP contribution in [0.15, 0.2) is 30.6 Å². The third-order valence-electron chi connectivity index (χ3n) is 3.66. The number of hydrogen-bond donors (Lipinski definition) is 1. The SMILES string of the molecule is CC(C)CC(N)COc1cnc(-c2ccnc(C(F)F)c2)cc1C(F)F. The Hall–Kier alpha value is -2.22. The van der Waals surface area contributed by atoms with Gasteiger partial charge in [0.25, 0.3) is 12.9 Å². The van der Waals surface area contributed by atoms with E-state index in [0.717, 1.165) is 12.1 Å². The molecule has 8 heteroatoms. The van der Waals surface area contributed by atoms with Gasteiger partial charge in [-0.3, -0.25) is 9.97 Å². The predicted octanol–water partition coefficient (Wildman–Crippen LogP) is 4.77. The summed E-state index contributed by atoms with van der Waals surface area (Å²) >= 11 is 0. The zero-order valence-corrected chi connectivity index (χ0v) is 14.5. The summed E-state index contributed by atoms with van der Waals surface area (Å²) in [4.78, 5) is 7.61. The van der Waals surface area contributed by atoms with Crippen molar-refractivity contribution in [2.75, 3.05) is 6.61 Å². The van der Waals surface area contributed by atoms with E-state index in [9.17, 15) is 17.6 Å². The Morgan fingerprint density at radius 2 is 1.81 bits per heavy atom. The van der Waals surface area contributed by atoms with E-state index in [1.54, 1.807) is 0 Å². The molecule has 0 fully saturated rings. The van der Waals surface area contributed by atoms with Gasteiger partial charge >= 0.3 is 0 Å². The minimum Gasteiger partial charge on any atom is -0.490 e. The number of pyridine rings is 2. The molecule has 0 bridgehead atoms. The highest BCUT2D eigenvalue weighted by Gasteiger charge is 2.18. The molecule has 0 spiro atoms. The van der Waals surface area contributed by atoms with Crippen LogP contribution in [0.3, 0.4) is 0 Å². The molecule has 2 rings (SSSR count). The highest BCUT2D eigenvalue weighted by Crippen LogP contribution is 2.32. The summed E-state index contributed by atoms with van der Waals surface area (Å²) in [6, 6.07) is 3.41. The normalized spacial score (nSPS) is 12.8. The van der Waals surface area contributed by atoms with Gasteiger partial charge in [0, 0.05) is 17.8 Å². The Bertz CT molecular complexity index is 725. The van der Waals surface area contributed by atoms with Gasteiger partial charge in [0.15, 0.2) is 0 Å². The van der Waals surface area contributed by atoms with Gasteiger partial charge in [-0.2, -0.15) is 0 Å². The maximum absolute atomic E-state index is 13.4. The third-order valence-corrected chi connectivity index (χ3v) is 3.66. The highest BCUT2D eigenvalue weighted by atomic mass is 19.3. The first-order valence-electron chi connectivity index (χ1n) is 8.18. The minimum absolute atomic E-state index is 0.0638. The Morgan fingerprint density at radius 1 is 1.08 bits per heavy atom. The molecule has 2 heterocycles. The molecule has 1 atom stereocenters. The van der Waals surface area contributed by atoms with E-state index >= 15 is 0 Å². The molecule has 0 amide bonds. The number of ether oxygens (including phenoxy) is 1. The summed E-state index contributed by atoms with van der Waals surface area (Å²) in [5.74, 6) is 0.297. The fraction of sp³-hybridized carbons (Fsp3) is 0.444. The molecule has 0 aliphatic heterocycles. The molecule has 0 aliphatic rings. The maximum atomic E-state index is 13.4. The van der Waals surface area contributed by atoms with Gasteiger partial charge in [-0.1, -0.05) is 13.8 Å². The summed E-state index contributed by atoms with van der Waals surface area (Å²) in [5, 5.41) is 0. The van der Waals surface area contributed by atoms with Crippen molar-refractivity contribution in [1.29, 1.82) is 0 Å². The third kappa shape index (κ3) is 5.39. The van der Waals surface area contributed by atoms with Crippen molar-refractivity contribution < 1.29 is 22.3 Å². The lowest BCUT2D eigenvalue weighted by atomic mass is 10.1. The van der Waals surface area contributed by atoms with Gasteiger partial charge in [-0.05, 0) is 30.5 Å². The first kappa shape index (κ1) is 20.1. The average Bonchev–Trinajstić information content (AvgIpc) is 2.59. The molecular weight excluding hydrogens is 350 g/mol. The van der Waals surface area contributed by atoms with E-state index in [1.165, 1.54) is 18.5 Å². The molecule has 0 aromatic carbocycles. The number of nitrogens with two attached hydrogens (primary N) is 1. The van der Waals surface area contributed by atoms with Crippen molar-refractivity contribution >= 4 is 0 Å². The lowest BCUT2D eigenvalue weighted by Crippen LogP contribution is -2.29. The topological polar surface area (TPSA) is 61.0 Å². The largest absolute Gasteiger partial charge is 0.490 e. The van der Waals surface area contributed by atoms with E-state index in [1.807, 2.05) is 13.8 Å². The molecule has 0 saturated heterocycles. The van der Waals surface area contributed by atoms with Crippen LogP contribution >= 0.6 is 0 Å². The summed E-state index contributed by atoms with van der Waals surface area (Å²) in [6.07, 6.45) is -2.50. The van der Waals surface area contributed by atoms with Crippen molar-refractivity contribution in [2.45, 2.75) is 39.2 Å². The summed E-state index contributed by atoms with van der Waals surface area (Å²) in [7, 11) is 0. The number of rotatable bonds is 8. The number of halogens is 4. The smallest absolute Gasteiger partial charge is 0.280 e. The molecule has 0 radical (unpaired) electrons. The number of aromatic nitrogens is 2. The Morgan fingerprint density at radius 3 is 2.42 bits per heavy atom. The molecule has 2 aromatic rings. The van der Waals surface area contributed by atoms with Crippen LogP contribution in [0.5, 0.6) is 5.75 Å². The van der Waals surface area contributed by atoms with Crippen LogP contribution in [0.2, 0.25) is 0 Å². The van der Waals surface area contributed by atoms with E-state index < -0.39 is 18.5 Å². The zero-order valence-electron chi connectivity index (χ0n) is 14.5. The van der Waals surface area contributed by atoms with Crippen LogP contribution in [0.4, 0.5) is 17.6 Å². The van der Waals surface area contributed by atoms with Crippen LogP contribution in [0.25, 0.3) is 11.3 Å². The highest BCUT2D eigenvalue weighted by molar-refractivity contribution is 5.61. The Kier molecular flexibility index (Phi) is 6.90. The van der Waals surface area contributed by atoms with Crippen molar-refractivity contribution in [2.24, 2.45) is 11.7 Å². The van der Waals surface area contributed by atoms with Gasteiger partial charge in [0.2, 0.25) is 0 Å². The van der Waals surface area contributed by atoms with Crippen LogP contribution < -0.4 is 10.5 Å². The van der Waals surface area contributed by atoms with Crippen molar-refractivity contribution in [3.8, 4) is 17.0 Å².